The molecule has 0 spiro atoms. The quantitative estimate of drug-likeness (QED) is 0.0691. The molecule has 3 rings (SSSR count). The van der Waals surface area contributed by atoms with E-state index in [0.29, 0.717) is 0 Å². The third kappa shape index (κ3) is 12.4. The number of nitrogens with two attached hydrogens (primary N) is 1. The Bertz CT molecular complexity index is 2060. The normalized spacial score (nSPS) is 17.3. The summed E-state index contributed by atoms with van der Waals surface area (Å²) in [4.78, 5) is 105. The molecule has 1 aromatic carbocycles. The van der Waals surface area contributed by atoms with Crippen LogP contribution in [-0.4, -0.2) is 140 Å². The molecule has 1 aliphatic rings. The average molecular weight is 885 g/mol. The molecule has 2 heterocycles. The smallest absolute Gasteiger partial charge is 0.326 e. The second-order valence-electron chi connectivity index (χ2n) is 17.7. The Morgan fingerprint density at radius 2 is 1.63 bits per heavy atom. The number of amides is 6. The number of benzene rings is 1. The number of thioether (sulfide) groups is 1. The van der Waals surface area contributed by atoms with E-state index in [1.165, 1.54) is 11.8 Å². The van der Waals surface area contributed by atoms with Crippen molar-refractivity contribution in [2.45, 2.75) is 109 Å². The summed E-state index contributed by atoms with van der Waals surface area (Å²) in [6.45, 7) is 14.3. The molecule has 62 heavy (non-hydrogen) atoms. The maximum Gasteiger partial charge on any atom is 0.326 e. The van der Waals surface area contributed by atoms with Crippen LogP contribution in [0.15, 0.2) is 42.1 Å². The Balaban J connectivity index is 1.69. The highest BCUT2D eigenvalue weighted by Gasteiger charge is 2.43. The van der Waals surface area contributed by atoms with Crippen molar-refractivity contribution in [2.24, 2.45) is 24.1 Å². The third-order valence-corrected chi connectivity index (χ3v) is 12.5. The molecule has 0 radical (unpaired) electrons. The van der Waals surface area contributed by atoms with Crippen molar-refractivity contribution < 1.29 is 48.6 Å². The van der Waals surface area contributed by atoms with E-state index in [2.05, 4.69) is 21.3 Å². The van der Waals surface area contributed by atoms with Gasteiger partial charge in [-0.2, -0.15) is 0 Å². The van der Waals surface area contributed by atoms with Gasteiger partial charge in [0.2, 0.25) is 35.4 Å². The lowest BCUT2D eigenvalue weighted by Crippen LogP contribution is -2.61. The van der Waals surface area contributed by atoms with Crippen LogP contribution in [0.25, 0.3) is 10.9 Å². The van der Waals surface area contributed by atoms with Crippen LogP contribution in [0, 0.1) is 11.3 Å². The van der Waals surface area contributed by atoms with Crippen LogP contribution < -0.4 is 27.0 Å². The standard InChI is InChI=1S/C43H64N8O10S/c1-23(2)30(50(11)39(57)35(42(4,5)6)48-37(55)34(45-9)43(7,8)26-21-49(10)29-15-13-12-14-25(26)29)18-24(3)36(54)47-28(41(60)61)19-32(52)46-16-17-51-33(53)20-31(38(51)56)62-22-27(44)40(58)59/h12-15,18,21,23,27-28,30-31,34-35,45H,16-17,19-20,22,44H2,1-11H3,(H,46,52)(H,47,54)(H,48,55)(H,58,59)(H,60,61)/b24-18+/t27-,28-,30+,31?,34+,35+/m0/s1. The van der Waals surface area contributed by atoms with Gasteiger partial charge >= 0.3 is 11.9 Å². The SMILES string of the molecule is CN[C@H](C(=O)N[C@H](C(=O)N(C)[C@H](/C=C(\C)C(=O)N[C@@H](CC(=O)NCCN1C(=O)CC(SC[C@H](N)C(=O)O)C1=O)C(=O)O)C(C)C)C(C)(C)C)C(C)(C)c1cn(C)c2ccccc12. The van der Waals surface area contributed by atoms with Crippen LogP contribution in [0.4, 0.5) is 0 Å². The largest absolute Gasteiger partial charge is 0.480 e. The topological polar surface area (TPSA) is 263 Å². The maximum absolute atomic E-state index is 14.4. The highest BCUT2D eigenvalue weighted by atomic mass is 32.2. The number of likely N-dealkylation sites (tertiary alicyclic amines) is 1. The molecule has 6 atom stereocenters. The number of rotatable bonds is 21. The number of aliphatic carboxylic acids is 2. The maximum atomic E-state index is 14.4. The van der Waals surface area contributed by atoms with Crippen LogP contribution in [0.5, 0.6) is 0 Å². The molecule has 0 bridgehead atoms. The Labute approximate surface area is 367 Å². The number of nitrogens with one attached hydrogen (secondary N) is 4. The van der Waals surface area contributed by atoms with Crippen molar-refractivity contribution in [3.05, 3.63) is 47.7 Å². The molecule has 342 valence electrons. The molecule has 6 amide bonds. The number of carbonyl (C=O) groups excluding carboxylic acids is 6. The van der Waals surface area contributed by atoms with Crippen molar-refractivity contribution in [1.29, 1.82) is 0 Å². The molecule has 0 saturated carbocycles. The van der Waals surface area contributed by atoms with Crippen LogP contribution in [-0.2, 0) is 50.8 Å². The van der Waals surface area contributed by atoms with Gasteiger partial charge in [-0.3, -0.25) is 38.5 Å². The number of fused-ring (bicyclic) bond motifs is 1. The fraction of sp³-hybridized carbons (Fsp3) is 0.581. The highest BCUT2D eigenvalue weighted by Crippen LogP contribution is 2.35. The van der Waals surface area contributed by atoms with Gasteiger partial charge in [0.15, 0.2) is 0 Å². The first-order chi connectivity index (χ1) is 28.7. The van der Waals surface area contributed by atoms with Gasteiger partial charge < -0.3 is 46.7 Å². The second kappa shape index (κ2) is 21.2. The molecule has 1 aromatic heterocycles. The number of likely N-dealkylation sites (N-methyl/N-ethyl adjacent to an activating group) is 2. The van der Waals surface area contributed by atoms with Crippen molar-refractivity contribution in [3.63, 3.8) is 0 Å². The summed E-state index contributed by atoms with van der Waals surface area (Å²) in [7, 11) is 5.24. The summed E-state index contributed by atoms with van der Waals surface area (Å²) in [6, 6.07) is 2.71. The van der Waals surface area contributed by atoms with Gasteiger partial charge in [0.25, 0.3) is 0 Å². The molecule has 1 aliphatic heterocycles. The van der Waals surface area contributed by atoms with E-state index in [-0.39, 0.29) is 42.7 Å². The monoisotopic (exact) mass is 884 g/mol. The minimum absolute atomic E-state index is 0.0741. The van der Waals surface area contributed by atoms with E-state index in [1.54, 1.807) is 20.2 Å². The van der Waals surface area contributed by atoms with Gasteiger partial charge in [-0.15, -0.1) is 11.8 Å². The lowest BCUT2D eigenvalue weighted by molar-refractivity contribution is -0.143. The summed E-state index contributed by atoms with van der Waals surface area (Å²) in [5, 5.41) is 30.1. The lowest BCUT2D eigenvalue weighted by atomic mass is 9.76. The highest BCUT2D eigenvalue weighted by molar-refractivity contribution is 8.00. The zero-order valence-electron chi connectivity index (χ0n) is 37.5. The number of imide groups is 1. The Morgan fingerprint density at radius 3 is 2.19 bits per heavy atom. The van der Waals surface area contributed by atoms with Crippen LogP contribution in [0.3, 0.4) is 0 Å². The number of carboxylic acids is 2. The Morgan fingerprint density at radius 1 is 1.00 bits per heavy atom. The molecule has 2 aromatic rings. The van der Waals surface area contributed by atoms with Gasteiger partial charge in [-0.25, -0.2) is 4.79 Å². The Kier molecular flexibility index (Phi) is 17.5. The summed E-state index contributed by atoms with van der Waals surface area (Å²) in [5.74, 6) is -6.40. The number of para-hydroxylation sites is 1. The van der Waals surface area contributed by atoms with Crippen molar-refractivity contribution in [1.82, 2.24) is 35.6 Å². The molecule has 8 N–H and O–H groups in total. The average Bonchev–Trinajstić information content (AvgIpc) is 3.67. The van der Waals surface area contributed by atoms with Crippen molar-refractivity contribution in [2.75, 3.05) is 32.9 Å². The second-order valence-corrected chi connectivity index (χ2v) is 19.0. The molecular weight excluding hydrogens is 821 g/mol. The minimum Gasteiger partial charge on any atom is -0.480 e. The first kappa shape index (κ1) is 51.1. The number of hydrogen-bond donors (Lipinski definition) is 7. The molecule has 19 heteroatoms. The minimum atomic E-state index is -1.64. The van der Waals surface area contributed by atoms with Crippen molar-refractivity contribution >= 4 is 70.0 Å². The number of aryl methyl sites for hydroxylation is 1. The zero-order chi connectivity index (χ0) is 47.0. The predicted molar refractivity (Wildman–Crippen MR) is 236 cm³/mol. The number of carbonyl (C=O) groups is 8. The van der Waals surface area contributed by atoms with E-state index in [9.17, 15) is 43.5 Å². The summed E-state index contributed by atoms with van der Waals surface area (Å²) >= 11 is 0.957. The predicted octanol–water partition coefficient (Wildman–Crippen LogP) is 1.35. The Hall–Kier alpha value is -5.27. The molecule has 0 aliphatic carbocycles. The first-order valence-corrected chi connectivity index (χ1v) is 21.5. The van der Waals surface area contributed by atoms with Crippen LogP contribution in [0.2, 0.25) is 0 Å². The number of carboxylic acid groups (broad SMARTS) is 2. The summed E-state index contributed by atoms with van der Waals surface area (Å²) in [5.41, 5.74) is 6.11. The van der Waals surface area contributed by atoms with Crippen LogP contribution in [0.1, 0.15) is 73.8 Å². The summed E-state index contributed by atoms with van der Waals surface area (Å²) < 4.78 is 2.02. The van der Waals surface area contributed by atoms with Crippen molar-refractivity contribution in [3.8, 4) is 0 Å². The molecule has 1 saturated heterocycles. The zero-order valence-corrected chi connectivity index (χ0v) is 38.3. The van der Waals surface area contributed by atoms with Gasteiger partial charge in [-0.05, 0) is 36.9 Å². The number of hydrogen-bond acceptors (Lipinski definition) is 11. The van der Waals surface area contributed by atoms with E-state index in [1.807, 2.05) is 90.5 Å². The fourth-order valence-corrected chi connectivity index (χ4v) is 8.60. The summed E-state index contributed by atoms with van der Waals surface area (Å²) in [6.07, 6.45) is 2.75. The van der Waals surface area contributed by atoms with Gasteiger partial charge in [0, 0.05) is 67.4 Å². The van der Waals surface area contributed by atoms with E-state index >= 15 is 0 Å². The van der Waals surface area contributed by atoms with E-state index in [0.717, 1.165) is 33.1 Å². The molecule has 1 unspecified atom stereocenters. The number of aromatic nitrogens is 1. The molecule has 18 nitrogen and oxygen atoms in total. The van der Waals surface area contributed by atoms with Gasteiger partial charge in [0.05, 0.1) is 23.8 Å². The van der Waals surface area contributed by atoms with E-state index < -0.39 is 94.2 Å². The van der Waals surface area contributed by atoms with Gasteiger partial charge in [-0.1, -0.05) is 72.7 Å². The lowest BCUT2D eigenvalue weighted by Gasteiger charge is -2.39. The third-order valence-electron chi connectivity index (χ3n) is 11.2. The first-order valence-electron chi connectivity index (χ1n) is 20.5. The van der Waals surface area contributed by atoms with E-state index in [4.69, 9.17) is 10.8 Å². The molecular formula is C43H64N8O10S. The van der Waals surface area contributed by atoms with Gasteiger partial charge in [0.1, 0.15) is 18.1 Å². The number of nitrogens with zero attached hydrogens (tertiary/aromatic N) is 3. The molecule has 1 fully saturated rings. The van der Waals surface area contributed by atoms with Crippen LogP contribution >= 0.6 is 11.8 Å². The fourth-order valence-electron chi connectivity index (χ4n) is 7.48.